The van der Waals surface area contributed by atoms with Gasteiger partial charge in [-0.25, -0.2) is 9.97 Å². The van der Waals surface area contributed by atoms with Crippen molar-refractivity contribution >= 4 is 56.2 Å². The van der Waals surface area contributed by atoms with Crippen LogP contribution in [0.1, 0.15) is 13.8 Å². The molecular formula is C30H28N6. The van der Waals surface area contributed by atoms with Crippen molar-refractivity contribution in [3.05, 3.63) is 84.9 Å². The molecule has 0 saturated carbocycles. The predicted molar refractivity (Wildman–Crippen MR) is 150 cm³/mol. The predicted octanol–water partition coefficient (Wildman–Crippen LogP) is 6.65. The molecule has 2 aromatic heterocycles. The summed E-state index contributed by atoms with van der Waals surface area (Å²) >= 11 is 0. The fraction of sp³-hybridized carbons (Fsp3) is 0.200. The van der Waals surface area contributed by atoms with Crippen LogP contribution < -0.4 is 19.6 Å². The Morgan fingerprint density at radius 2 is 1.00 bits per heavy atom. The molecule has 178 valence electrons. The van der Waals surface area contributed by atoms with Crippen molar-refractivity contribution in [1.29, 1.82) is 0 Å². The van der Waals surface area contributed by atoms with Crippen molar-refractivity contribution in [2.24, 2.45) is 0 Å². The van der Waals surface area contributed by atoms with E-state index in [1.54, 1.807) is 0 Å². The van der Waals surface area contributed by atoms with Crippen molar-refractivity contribution < 1.29 is 0 Å². The van der Waals surface area contributed by atoms with Crippen LogP contribution in [0.2, 0.25) is 0 Å². The van der Waals surface area contributed by atoms with E-state index in [-0.39, 0.29) is 12.3 Å². The van der Waals surface area contributed by atoms with Gasteiger partial charge in [0.15, 0.2) is 11.6 Å². The maximum atomic E-state index is 5.00. The normalized spacial score (nSPS) is 18.9. The zero-order chi connectivity index (χ0) is 24.6. The van der Waals surface area contributed by atoms with Gasteiger partial charge in [-0.1, -0.05) is 42.5 Å². The van der Waals surface area contributed by atoms with Crippen LogP contribution in [0, 0.1) is 0 Å². The number of para-hydroxylation sites is 2. The molecular weight excluding hydrogens is 444 g/mol. The van der Waals surface area contributed by atoms with Crippen molar-refractivity contribution in [3.63, 3.8) is 0 Å². The Bertz CT molecular complexity index is 1530. The van der Waals surface area contributed by atoms with Gasteiger partial charge in [-0.3, -0.25) is 0 Å². The standard InChI is InChI=1S/C30H28N6/c1-19-33(3)29-27(16-21-10-5-7-14-25(21)31-29)35(19)23-12-9-13-24(18-23)36-20(2)34(4)30-28(36)17-22-11-6-8-15-26(22)32-30/h5-20H,1-4H3/t19-,20+. The fourth-order valence-electron chi connectivity index (χ4n) is 5.67. The van der Waals surface area contributed by atoms with E-state index in [1.165, 1.54) is 0 Å². The molecule has 0 unspecified atom stereocenters. The zero-order valence-corrected chi connectivity index (χ0v) is 20.9. The number of aromatic nitrogens is 2. The van der Waals surface area contributed by atoms with E-state index in [9.17, 15) is 0 Å². The van der Waals surface area contributed by atoms with Gasteiger partial charge in [0.05, 0.1) is 22.4 Å². The summed E-state index contributed by atoms with van der Waals surface area (Å²) in [6.45, 7) is 4.47. The lowest BCUT2D eigenvalue weighted by molar-refractivity contribution is 0.724. The first-order valence-electron chi connectivity index (χ1n) is 12.4. The highest BCUT2D eigenvalue weighted by atomic mass is 15.4. The number of hydrogen-bond acceptors (Lipinski definition) is 6. The third-order valence-electron chi connectivity index (χ3n) is 7.81. The summed E-state index contributed by atoms with van der Waals surface area (Å²) in [6, 6.07) is 30.0. The Hall–Kier alpha value is -4.32. The van der Waals surface area contributed by atoms with E-state index in [0.29, 0.717) is 0 Å². The van der Waals surface area contributed by atoms with Gasteiger partial charge in [0.1, 0.15) is 12.3 Å². The fourth-order valence-corrected chi connectivity index (χ4v) is 5.67. The molecule has 0 fully saturated rings. The summed E-state index contributed by atoms with van der Waals surface area (Å²) in [7, 11) is 4.25. The van der Waals surface area contributed by atoms with E-state index in [1.807, 2.05) is 12.1 Å². The molecule has 0 amide bonds. The molecule has 36 heavy (non-hydrogen) atoms. The smallest absolute Gasteiger partial charge is 0.154 e. The first-order chi connectivity index (χ1) is 17.5. The van der Waals surface area contributed by atoms with Gasteiger partial charge in [-0.15, -0.1) is 0 Å². The topological polar surface area (TPSA) is 38.7 Å². The summed E-state index contributed by atoms with van der Waals surface area (Å²) in [4.78, 5) is 19.3. The molecule has 6 heteroatoms. The highest BCUT2D eigenvalue weighted by Gasteiger charge is 2.36. The van der Waals surface area contributed by atoms with Crippen LogP contribution in [0.25, 0.3) is 21.8 Å². The minimum Gasteiger partial charge on any atom is -0.337 e. The van der Waals surface area contributed by atoms with Crippen molar-refractivity contribution in [2.75, 3.05) is 33.7 Å². The molecule has 7 rings (SSSR count). The average Bonchev–Trinajstić information content (AvgIpc) is 3.29. The van der Waals surface area contributed by atoms with Crippen molar-refractivity contribution in [3.8, 4) is 0 Å². The largest absolute Gasteiger partial charge is 0.337 e. The summed E-state index contributed by atoms with van der Waals surface area (Å²) in [5.74, 6) is 2.03. The second-order valence-corrected chi connectivity index (χ2v) is 9.79. The van der Waals surface area contributed by atoms with Crippen LogP contribution in [0.5, 0.6) is 0 Å². The number of pyridine rings is 2. The van der Waals surface area contributed by atoms with E-state index >= 15 is 0 Å². The highest BCUT2D eigenvalue weighted by molar-refractivity contribution is 5.94. The van der Waals surface area contributed by atoms with Crippen LogP contribution in [0.15, 0.2) is 84.9 Å². The molecule has 4 heterocycles. The molecule has 2 atom stereocenters. The number of rotatable bonds is 2. The first kappa shape index (κ1) is 21.0. The second-order valence-electron chi connectivity index (χ2n) is 9.79. The lowest BCUT2D eigenvalue weighted by Crippen LogP contribution is -2.37. The van der Waals surface area contributed by atoms with Crippen LogP contribution in [0.3, 0.4) is 0 Å². The van der Waals surface area contributed by atoms with Crippen LogP contribution in [-0.4, -0.2) is 36.4 Å². The third-order valence-corrected chi connectivity index (χ3v) is 7.81. The quantitative estimate of drug-likeness (QED) is 0.286. The van der Waals surface area contributed by atoms with Gasteiger partial charge in [0.25, 0.3) is 0 Å². The molecule has 0 spiro atoms. The molecule has 0 N–H and O–H groups in total. The summed E-state index contributed by atoms with van der Waals surface area (Å²) in [5, 5.41) is 2.31. The molecule has 0 bridgehead atoms. The summed E-state index contributed by atoms with van der Waals surface area (Å²) in [6.07, 6.45) is 0.298. The van der Waals surface area contributed by atoms with Gasteiger partial charge < -0.3 is 19.6 Å². The number of hydrogen-bond donors (Lipinski definition) is 0. The maximum Gasteiger partial charge on any atom is 0.154 e. The Kier molecular flexibility index (Phi) is 4.43. The number of benzene rings is 3. The Morgan fingerprint density at radius 3 is 1.47 bits per heavy atom. The van der Waals surface area contributed by atoms with E-state index in [0.717, 1.165) is 56.2 Å². The van der Waals surface area contributed by atoms with Gasteiger partial charge in [0, 0.05) is 36.2 Å². The van der Waals surface area contributed by atoms with E-state index in [4.69, 9.17) is 9.97 Å². The number of anilines is 6. The lowest BCUT2D eigenvalue weighted by atomic mass is 10.1. The van der Waals surface area contributed by atoms with E-state index in [2.05, 4.69) is 120 Å². The molecule has 2 aliphatic rings. The molecule has 5 aromatic rings. The van der Waals surface area contributed by atoms with Crippen LogP contribution in [0.4, 0.5) is 34.4 Å². The first-order valence-corrected chi connectivity index (χ1v) is 12.4. The second kappa shape index (κ2) is 7.59. The summed E-state index contributed by atoms with van der Waals surface area (Å²) in [5.41, 5.74) is 6.63. The molecule has 0 aliphatic carbocycles. The van der Waals surface area contributed by atoms with E-state index < -0.39 is 0 Å². The van der Waals surface area contributed by atoms with Crippen LogP contribution in [-0.2, 0) is 0 Å². The Labute approximate surface area is 211 Å². The number of nitrogens with zero attached hydrogens (tertiary/aromatic N) is 6. The van der Waals surface area contributed by atoms with Gasteiger partial charge in [-0.05, 0) is 56.3 Å². The Balaban J connectivity index is 1.35. The Morgan fingerprint density at radius 1 is 0.556 bits per heavy atom. The van der Waals surface area contributed by atoms with Crippen molar-refractivity contribution in [1.82, 2.24) is 9.97 Å². The lowest BCUT2D eigenvalue weighted by Gasteiger charge is -2.30. The van der Waals surface area contributed by atoms with Crippen molar-refractivity contribution in [2.45, 2.75) is 26.2 Å². The minimum absolute atomic E-state index is 0.149. The molecule has 6 nitrogen and oxygen atoms in total. The molecule has 0 saturated heterocycles. The SMILES string of the molecule is C[C@@H]1N(C)c2nc3ccccc3cc2N1c1cccc(N2c3cc4ccccc4nc3N(C)[C@@H]2C)c1. The van der Waals surface area contributed by atoms with Gasteiger partial charge >= 0.3 is 0 Å². The average molecular weight is 473 g/mol. The maximum absolute atomic E-state index is 5.00. The van der Waals surface area contributed by atoms with Gasteiger partial charge in [0.2, 0.25) is 0 Å². The molecule has 2 aliphatic heterocycles. The van der Waals surface area contributed by atoms with Crippen LogP contribution >= 0.6 is 0 Å². The minimum atomic E-state index is 0.149. The monoisotopic (exact) mass is 472 g/mol. The molecule has 0 radical (unpaired) electrons. The molecule has 3 aromatic carbocycles. The number of fused-ring (bicyclic) bond motifs is 4. The highest BCUT2D eigenvalue weighted by Crippen LogP contribution is 2.47. The third kappa shape index (κ3) is 2.90. The van der Waals surface area contributed by atoms with Gasteiger partial charge in [-0.2, -0.15) is 0 Å². The zero-order valence-electron chi connectivity index (χ0n) is 20.9. The summed E-state index contributed by atoms with van der Waals surface area (Å²) < 4.78 is 0.